The molecule has 3 nitrogen and oxygen atoms in total. The number of thioether (sulfide) groups is 1. The Kier molecular flexibility index (Phi) is 7.08. The number of halogens is 1. The summed E-state index contributed by atoms with van der Waals surface area (Å²) in [5.74, 6) is 0.113. The van der Waals surface area contributed by atoms with Crippen molar-refractivity contribution >= 4 is 35.0 Å². The summed E-state index contributed by atoms with van der Waals surface area (Å²) in [5.41, 5.74) is 4.20. The first-order valence-electron chi connectivity index (χ1n) is 9.64. The van der Waals surface area contributed by atoms with Crippen LogP contribution in [0.1, 0.15) is 38.2 Å². The van der Waals surface area contributed by atoms with Crippen molar-refractivity contribution in [3.63, 3.8) is 0 Å². The van der Waals surface area contributed by atoms with Crippen molar-refractivity contribution in [3.8, 4) is 0 Å². The predicted octanol–water partition coefficient (Wildman–Crippen LogP) is 6.29. The summed E-state index contributed by atoms with van der Waals surface area (Å²) in [4.78, 5) is 14.0. The van der Waals surface area contributed by atoms with Crippen LogP contribution in [0, 0.1) is 0 Å². The maximum atomic E-state index is 12.9. The average molecular weight is 416 g/mol. The highest BCUT2D eigenvalue weighted by Gasteiger charge is 2.32. The summed E-state index contributed by atoms with van der Waals surface area (Å²) < 4.78 is 0. The number of aliphatic hydroxyl groups excluding tert-OH is 1. The molecule has 2 aliphatic rings. The lowest BCUT2D eigenvalue weighted by Gasteiger charge is -2.14. The lowest BCUT2D eigenvalue weighted by Crippen LogP contribution is -2.23. The zero-order valence-electron chi connectivity index (χ0n) is 16.1. The van der Waals surface area contributed by atoms with Gasteiger partial charge in [0.15, 0.2) is 0 Å². The van der Waals surface area contributed by atoms with Gasteiger partial charge < -0.3 is 10.4 Å². The summed E-state index contributed by atoms with van der Waals surface area (Å²) >= 11 is 7.70. The van der Waals surface area contributed by atoms with E-state index in [-0.39, 0.29) is 22.3 Å². The second kappa shape index (κ2) is 9.53. The van der Waals surface area contributed by atoms with Gasteiger partial charge in [-0.2, -0.15) is 0 Å². The van der Waals surface area contributed by atoms with Crippen molar-refractivity contribution in [2.75, 3.05) is 5.32 Å². The van der Waals surface area contributed by atoms with Gasteiger partial charge in [0.2, 0.25) is 5.91 Å². The van der Waals surface area contributed by atoms with Gasteiger partial charge in [-0.15, -0.1) is 23.4 Å². The topological polar surface area (TPSA) is 49.3 Å². The first-order chi connectivity index (χ1) is 13.5. The largest absolute Gasteiger partial charge is 0.513 e. The molecule has 0 saturated heterocycles. The molecule has 1 aromatic carbocycles. The quantitative estimate of drug-likeness (QED) is 0.406. The number of alkyl halides is 1. The van der Waals surface area contributed by atoms with Crippen LogP contribution in [-0.4, -0.2) is 21.6 Å². The molecule has 3 rings (SSSR count). The Morgan fingerprint density at radius 1 is 1.43 bits per heavy atom. The monoisotopic (exact) mass is 415 g/mol. The standard InChI is InChI=1S/C23H26ClNO2S/c1-3-5-16-6-4-7-20(13-16)25-23(27)21-14-18(12-15(2)26)22(28-21)17-8-10-19(24)11-9-17/h4,6-10,13,19,21,26H,2-3,5,11-12,14H2,1H3,(H,25,27). The summed E-state index contributed by atoms with van der Waals surface area (Å²) in [6, 6.07) is 8.03. The SMILES string of the molecule is C=C(O)CC1=C(C2=CCC(Cl)C=C2)SC(C(=O)Nc2cccc(CCC)c2)C1. The maximum Gasteiger partial charge on any atom is 0.238 e. The lowest BCUT2D eigenvalue weighted by atomic mass is 9.99. The number of allylic oxidation sites excluding steroid dienone is 5. The minimum Gasteiger partial charge on any atom is -0.513 e. The fraction of sp³-hybridized carbons (Fsp3) is 0.348. The number of rotatable bonds is 7. The van der Waals surface area contributed by atoms with E-state index in [2.05, 4.69) is 31.0 Å². The van der Waals surface area contributed by atoms with Crippen LogP contribution in [0.2, 0.25) is 0 Å². The van der Waals surface area contributed by atoms with E-state index in [0.29, 0.717) is 12.8 Å². The second-order valence-electron chi connectivity index (χ2n) is 7.20. The van der Waals surface area contributed by atoms with Gasteiger partial charge >= 0.3 is 0 Å². The van der Waals surface area contributed by atoms with Crippen molar-refractivity contribution in [1.82, 2.24) is 0 Å². The van der Waals surface area contributed by atoms with E-state index in [1.807, 2.05) is 30.4 Å². The minimum absolute atomic E-state index is 0.00897. The van der Waals surface area contributed by atoms with Gasteiger partial charge in [0.25, 0.3) is 0 Å². The predicted molar refractivity (Wildman–Crippen MR) is 120 cm³/mol. The van der Waals surface area contributed by atoms with Gasteiger partial charge in [0, 0.05) is 17.0 Å². The van der Waals surface area contributed by atoms with Gasteiger partial charge in [-0.1, -0.05) is 50.3 Å². The molecule has 148 valence electrons. The molecule has 1 heterocycles. The third-order valence-electron chi connectivity index (χ3n) is 4.77. The molecule has 0 saturated carbocycles. The summed E-state index contributed by atoms with van der Waals surface area (Å²) in [7, 11) is 0. The van der Waals surface area contributed by atoms with E-state index < -0.39 is 0 Å². The number of nitrogens with one attached hydrogen (secondary N) is 1. The number of hydrogen-bond acceptors (Lipinski definition) is 3. The van der Waals surface area contributed by atoms with Crippen molar-refractivity contribution in [3.05, 3.63) is 76.4 Å². The Balaban J connectivity index is 1.72. The van der Waals surface area contributed by atoms with Crippen LogP contribution in [0.5, 0.6) is 0 Å². The molecule has 2 atom stereocenters. The number of anilines is 1. The molecule has 2 N–H and O–H groups in total. The molecule has 0 fully saturated rings. The second-order valence-corrected chi connectivity index (χ2v) is 8.97. The molecule has 28 heavy (non-hydrogen) atoms. The minimum atomic E-state index is -0.220. The van der Waals surface area contributed by atoms with Crippen LogP contribution in [0.25, 0.3) is 0 Å². The molecule has 0 radical (unpaired) electrons. The first kappa shape index (κ1) is 20.8. The third kappa shape index (κ3) is 5.33. The molecule has 0 bridgehead atoms. The number of aliphatic hydroxyl groups is 1. The van der Waals surface area contributed by atoms with E-state index in [1.165, 1.54) is 5.56 Å². The number of benzene rings is 1. The summed E-state index contributed by atoms with van der Waals surface area (Å²) in [6.07, 6.45) is 9.94. The van der Waals surface area contributed by atoms with Crippen LogP contribution >= 0.6 is 23.4 Å². The molecular weight excluding hydrogens is 390 g/mol. The smallest absolute Gasteiger partial charge is 0.238 e. The van der Waals surface area contributed by atoms with Crippen LogP contribution in [0.4, 0.5) is 5.69 Å². The van der Waals surface area contributed by atoms with Crippen LogP contribution in [-0.2, 0) is 11.2 Å². The highest BCUT2D eigenvalue weighted by molar-refractivity contribution is 8.04. The fourth-order valence-electron chi connectivity index (χ4n) is 3.48. The Labute approximate surface area is 176 Å². The molecule has 1 aliphatic heterocycles. The summed E-state index contributed by atoms with van der Waals surface area (Å²) in [5, 5.41) is 12.6. The molecule has 1 amide bonds. The average Bonchev–Trinajstić information content (AvgIpc) is 3.06. The van der Waals surface area contributed by atoms with Crippen molar-refractivity contribution in [2.45, 2.75) is 49.7 Å². The Hall–Kier alpha value is -1.91. The van der Waals surface area contributed by atoms with Crippen molar-refractivity contribution in [2.24, 2.45) is 0 Å². The highest BCUT2D eigenvalue weighted by Crippen LogP contribution is 2.45. The van der Waals surface area contributed by atoms with Crippen LogP contribution in [0.3, 0.4) is 0 Å². The van der Waals surface area contributed by atoms with E-state index in [9.17, 15) is 9.90 Å². The van der Waals surface area contributed by atoms with E-state index >= 15 is 0 Å². The lowest BCUT2D eigenvalue weighted by molar-refractivity contribution is -0.115. The molecular formula is C23H26ClNO2S. The molecule has 0 spiro atoms. The first-order valence-corrected chi connectivity index (χ1v) is 11.0. The molecule has 1 aromatic rings. The van der Waals surface area contributed by atoms with E-state index in [1.54, 1.807) is 11.8 Å². The van der Waals surface area contributed by atoms with Crippen LogP contribution < -0.4 is 5.32 Å². The number of carbonyl (C=O) groups is 1. The van der Waals surface area contributed by atoms with Gasteiger partial charge in [0.1, 0.15) is 0 Å². The molecule has 2 unspecified atom stereocenters. The van der Waals surface area contributed by atoms with Crippen LogP contribution in [0.15, 0.2) is 70.9 Å². The normalized spacial score (nSPS) is 21.6. The molecule has 1 aliphatic carbocycles. The number of aryl methyl sites for hydroxylation is 1. The molecule has 5 heteroatoms. The number of amides is 1. The van der Waals surface area contributed by atoms with E-state index in [4.69, 9.17) is 11.6 Å². The Morgan fingerprint density at radius 3 is 2.93 bits per heavy atom. The molecule has 0 aromatic heterocycles. The Bertz CT molecular complexity index is 856. The van der Waals surface area contributed by atoms with Gasteiger partial charge in [-0.05, 0) is 48.1 Å². The maximum absolute atomic E-state index is 12.9. The zero-order chi connectivity index (χ0) is 20.1. The summed E-state index contributed by atoms with van der Waals surface area (Å²) in [6.45, 7) is 5.77. The van der Waals surface area contributed by atoms with E-state index in [0.717, 1.165) is 41.0 Å². The van der Waals surface area contributed by atoms with Gasteiger partial charge in [-0.25, -0.2) is 0 Å². The number of carbonyl (C=O) groups excluding carboxylic acids is 1. The zero-order valence-corrected chi connectivity index (χ0v) is 17.7. The van der Waals surface area contributed by atoms with Crippen molar-refractivity contribution < 1.29 is 9.90 Å². The van der Waals surface area contributed by atoms with Gasteiger partial charge in [-0.3, -0.25) is 4.79 Å². The number of hydrogen-bond donors (Lipinski definition) is 2. The van der Waals surface area contributed by atoms with Crippen molar-refractivity contribution in [1.29, 1.82) is 0 Å². The fourth-order valence-corrected chi connectivity index (χ4v) is 4.99. The highest BCUT2D eigenvalue weighted by atomic mass is 35.5. The van der Waals surface area contributed by atoms with Gasteiger partial charge in [0.05, 0.1) is 16.4 Å². The third-order valence-corrected chi connectivity index (χ3v) is 6.51. The Morgan fingerprint density at radius 2 is 2.25 bits per heavy atom.